The van der Waals surface area contributed by atoms with E-state index in [2.05, 4.69) is 4.98 Å². The van der Waals surface area contributed by atoms with Crippen LogP contribution in [0.25, 0.3) is 0 Å². The molecule has 1 aromatic rings. The van der Waals surface area contributed by atoms with Crippen LogP contribution in [0.2, 0.25) is 0 Å². The first-order valence-corrected chi connectivity index (χ1v) is 4.22. The number of rotatable bonds is 5. The second-order valence-electron chi connectivity index (χ2n) is 2.58. The van der Waals surface area contributed by atoms with Crippen molar-refractivity contribution in [2.24, 2.45) is 0 Å². The Kier molecular flexibility index (Phi) is 3.72. The summed E-state index contributed by atoms with van der Waals surface area (Å²) in [6.45, 7) is 3.08. The van der Waals surface area contributed by atoms with Gasteiger partial charge in [0, 0.05) is 13.1 Å². The fourth-order valence-corrected chi connectivity index (χ4v) is 1.02. The molecule has 0 aliphatic rings. The molecule has 0 unspecified atom stereocenters. The van der Waals surface area contributed by atoms with Crippen molar-refractivity contribution in [3.63, 3.8) is 0 Å². The van der Waals surface area contributed by atoms with E-state index in [1.807, 2.05) is 6.92 Å². The lowest BCUT2D eigenvalue weighted by atomic mass is 10.5. The number of aliphatic hydroxyl groups is 2. The number of hydrogen-bond donors (Lipinski definition) is 2. The van der Waals surface area contributed by atoms with Crippen LogP contribution < -0.4 is 4.90 Å². The van der Waals surface area contributed by atoms with Gasteiger partial charge in [-0.1, -0.05) is 0 Å². The summed E-state index contributed by atoms with van der Waals surface area (Å²) in [4.78, 5) is 5.81. The van der Waals surface area contributed by atoms with Crippen LogP contribution in [0.5, 0.6) is 0 Å². The Morgan fingerprint density at radius 3 is 2.77 bits per heavy atom. The highest BCUT2D eigenvalue weighted by atomic mass is 16.4. The number of likely N-dealkylation sites (N-methyl/N-ethyl adjacent to an activating group) is 1. The molecule has 0 aromatic carbocycles. The molecule has 74 valence electrons. The zero-order chi connectivity index (χ0) is 9.68. The normalized spacial score (nSPS) is 10.4. The first-order valence-electron chi connectivity index (χ1n) is 4.22. The van der Waals surface area contributed by atoms with Gasteiger partial charge in [-0.25, -0.2) is 0 Å². The van der Waals surface area contributed by atoms with Crippen LogP contribution in [-0.2, 0) is 6.61 Å². The zero-order valence-corrected chi connectivity index (χ0v) is 7.60. The van der Waals surface area contributed by atoms with Gasteiger partial charge >= 0.3 is 0 Å². The van der Waals surface area contributed by atoms with Crippen molar-refractivity contribution in [2.75, 3.05) is 24.6 Å². The summed E-state index contributed by atoms with van der Waals surface area (Å²) in [6.07, 6.45) is 1.41. The highest BCUT2D eigenvalue weighted by molar-refractivity contribution is 5.26. The largest absolute Gasteiger partial charge is 0.432 e. The second kappa shape index (κ2) is 4.84. The third kappa shape index (κ3) is 2.43. The smallest absolute Gasteiger partial charge is 0.297 e. The summed E-state index contributed by atoms with van der Waals surface area (Å²) in [5.74, 6) is 0. The molecule has 0 saturated heterocycles. The summed E-state index contributed by atoms with van der Waals surface area (Å²) in [5.41, 5.74) is 0.506. The van der Waals surface area contributed by atoms with Gasteiger partial charge in [0.2, 0.25) is 0 Å². The fourth-order valence-electron chi connectivity index (χ4n) is 1.02. The molecule has 13 heavy (non-hydrogen) atoms. The Hall–Kier alpha value is -1.07. The highest BCUT2D eigenvalue weighted by Gasteiger charge is 2.09. The predicted molar refractivity (Wildman–Crippen MR) is 47.4 cm³/mol. The van der Waals surface area contributed by atoms with Gasteiger partial charge in [0.15, 0.2) is 0 Å². The summed E-state index contributed by atoms with van der Waals surface area (Å²) < 4.78 is 5.10. The Balaban J connectivity index is 2.67. The van der Waals surface area contributed by atoms with Gasteiger partial charge in [-0.15, -0.1) is 0 Å². The molecule has 1 aromatic heterocycles. The number of nitrogens with zero attached hydrogens (tertiary/aromatic N) is 2. The molecule has 2 N–H and O–H groups in total. The van der Waals surface area contributed by atoms with E-state index in [0.717, 1.165) is 0 Å². The molecular weight excluding hydrogens is 172 g/mol. The standard InChI is InChI=1S/C8H14N2O3/c1-2-10(3-4-11)8-9-7(5-12)6-13-8/h6,11-12H,2-5H2,1H3. The van der Waals surface area contributed by atoms with E-state index < -0.39 is 0 Å². The summed E-state index contributed by atoms with van der Waals surface area (Å²) >= 11 is 0. The van der Waals surface area contributed by atoms with Gasteiger partial charge in [0.1, 0.15) is 12.0 Å². The lowest BCUT2D eigenvalue weighted by molar-refractivity contribution is 0.276. The van der Waals surface area contributed by atoms with Crippen molar-refractivity contribution in [2.45, 2.75) is 13.5 Å². The number of hydrogen-bond acceptors (Lipinski definition) is 5. The Bertz CT molecular complexity index is 249. The number of aliphatic hydroxyl groups excluding tert-OH is 2. The average Bonchev–Trinajstić information content (AvgIpc) is 2.62. The molecule has 0 amide bonds. The Morgan fingerprint density at radius 1 is 1.54 bits per heavy atom. The lowest BCUT2D eigenvalue weighted by Gasteiger charge is -2.16. The Morgan fingerprint density at radius 2 is 2.31 bits per heavy atom. The van der Waals surface area contributed by atoms with E-state index >= 15 is 0 Å². The maximum Gasteiger partial charge on any atom is 0.297 e. The molecule has 0 bridgehead atoms. The van der Waals surface area contributed by atoms with E-state index in [0.29, 0.717) is 24.8 Å². The molecule has 0 atom stereocenters. The summed E-state index contributed by atoms with van der Waals surface area (Å²) in [7, 11) is 0. The van der Waals surface area contributed by atoms with Crippen LogP contribution in [-0.4, -0.2) is 34.9 Å². The van der Waals surface area contributed by atoms with E-state index in [9.17, 15) is 0 Å². The van der Waals surface area contributed by atoms with Gasteiger partial charge in [-0.2, -0.15) is 4.98 Å². The molecule has 0 radical (unpaired) electrons. The maximum atomic E-state index is 8.74. The van der Waals surface area contributed by atoms with Crippen molar-refractivity contribution >= 4 is 6.01 Å². The third-order valence-electron chi connectivity index (χ3n) is 1.72. The second-order valence-corrected chi connectivity index (χ2v) is 2.58. The SMILES string of the molecule is CCN(CCO)c1nc(CO)co1. The first-order chi connectivity index (χ1) is 6.31. The van der Waals surface area contributed by atoms with Crippen LogP contribution in [0.4, 0.5) is 6.01 Å². The van der Waals surface area contributed by atoms with Crippen molar-refractivity contribution in [1.82, 2.24) is 4.98 Å². The van der Waals surface area contributed by atoms with Crippen LogP contribution in [0.15, 0.2) is 10.7 Å². The molecule has 1 heterocycles. The number of oxazole rings is 1. The average molecular weight is 186 g/mol. The predicted octanol–water partition coefficient (Wildman–Crippen LogP) is -0.0145. The van der Waals surface area contributed by atoms with Crippen molar-refractivity contribution < 1.29 is 14.6 Å². The third-order valence-corrected chi connectivity index (χ3v) is 1.72. The van der Waals surface area contributed by atoms with Crippen LogP contribution in [0.1, 0.15) is 12.6 Å². The van der Waals surface area contributed by atoms with Crippen molar-refractivity contribution in [3.05, 3.63) is 12.0 Å². The molecular formula is C8H14N2O3. The van der Waals surface area contributed by atoms with E-state index in [1.165, 1.54) is 6.26 Å². The van der Waals surface area contributed by atoms with E-state index in [-0.39, 0.29) is 13.2 Å². The molecule has 0 spiro atoms. The minimum atomic E-state index is -0.125. The topological polar surface area (TPSA) is 69.7 Å². The minimum Gasteiger partial charge on any atom is -0.432 e. The van der Waals surface area contributed by atoms with Gasteiger partial charge in [-0.05, 0) is 6.92 Å². The fraction of sp³-hybridized carbons (Fsp3) is 0.625. The lowest BCUT2D eigenvalue weighted by Crippen LogP contribution is -2.26. The van der Waals surface area contributed by atoms with E-state index in [1.54, 1.807) is 4.90 Å². The van der Waals surface area contributed by atoms with Crippen molar-refractivity contribution in [3.8, 4) is 0 Å². The number of anilines is 1. The minimum absolute atomic E-state index is 0.0602. The van der Waals surface area contributed by atoms with Crippen molar-refractivity contribution in [1.29, 1.82) is 0 Å². The monoisotopic (exact) mass is 186 g/mol. The number of aromatic nitrogens is 1. The molecule has 0 fully saturated rings. The zero-order valence-electron chi connectivity index (χ0n) is 7.60. The Labute approximate surface area is 76.6 Å². The van der Waals surface area contributed by atoms with Gasteiger partial charge in [-0.3, -0.25) is 0 Å². The first kappa shape index (κ1) is 10.0. The molecule has 0 saturated carbocycles. The highest BCUT2D eigenvalue weighted by Crippen LogP contribution is 2.12. The maximum absolute atomic E-state index is 8.74. The molecule has 5 heteroatoms. The van der Waals surface area contributed by atoms with Gasteiger partial charge < -0.3 is 19.5 Å². The molecule has 0 aliphatic carbocycles. The molecule has 1 rings (SSSR count). The van der Waals surface area contributed by atoms with Gasteiger partial charge in [0.25, 0.3) is 6.01 Å². The van der Waals surface area contributed by atoms with E-state index in [4.69, 9.17) is 14.6 Å². The van der Waals surface area contributed by atoms with Crippen LogP contribution in [0, 0.1) is 0 Å². The summed E-state index contributed by atoms with van der Waals surface area (Å²) in [5, 5.41) is 17.5. The molecule has 0 aliphatic heterocycles. The van der Waals surface area contributed by atoms with Crippen LogP contribution in [0.3, 0.4) is 0 Å². The van der Waals surface area contributed by atoms with Gasteiger partial charge in [0.05, 0.1) is 13.2 Å². The quantitative estimate of drug-likeness (QED) is 0.676. The summed E-state index contributed by atoms with van der Waals surface area (Å²) in [6, 6.07) is 0.445. The van der Waals surface area contributed by atoms with Crippen LogP contribution >= 0.6 is 0 Å². The molecule has 5 nitrogen and oxygen atoms in total.